The van der Waals surface area contributed by atoms with Gasteiger partial charge >= 0.3 is 12.0 Å². The molecule has 2 aromatic heterocycles. The number of aromatic nitrogens is 4. The molecule has 2 aliphatic rings. The summed E-state index contributed by atoms with van der Waals surface area (Å²) in [5.74, 6) is 7.09. The maximum absolute atomic E-state index is 9.82. The zero-order chi connectivity index (χ0) is 27.5. The Labute approximate surface area is 225 Å². The average molecular weight is 527 g/mol. The number of ether oxygens (including phenoxy) is 2. The maximum Gasteiger partial charge on any atom is 0.320 e. The molecule has 38 heavy (non-hydrogen) atoms. The van der Waals surface area contributed by atoms with Crippen LogP contribution in [0.25, 0.3) is 5.70 Å². The first kappa shape index (κ1) is 29.1. The summed E-state index contributed by atoms with van der Waals surface area (Å²) < 4.78 is 10.3. The minimum atomic E-state index is -0.211. The molecule has 0 bridgehead atoms. The number of rotatable bonds is 9. The molecule has 208 valence electrons. The molecular weight excluding hydrogens is 484 g/mol. The molecule has 11 nitrogen and oxygen atoms in total. The lowest BCUT2D eigenvalue weighted by molar-refractivity contribution is -0.140. The van der Waals surface area contributed by atoms with E-state index in [1.54, 1.807) is 14.0 Å². The number of nitrogens with two attached hydrogens (primary N) is 2. The molecule has 4 rings (SSSR count). The number of piperidine rings is 1. The largest absolute Gasteiger partial charge is 0.466 e. The first-order valence-electron chi connectivity index (χ1n) is 13.5. The first-order chi connectivity index (χ1) is 18.3. The van der Waals surface area contributed by atoms with E-state index < -0.39 is 0 Å². The Morgan fingerprint density at radius 3 is 2.39 bits per heavy atom. The molecule has 3 heterocycles. The minimum absolute atomic E-state index is 0.143. The number of hydrogen-bond donors (Lipinski definition) is 2. The Bertz CT molecular complexity index is 1080. The van der Waals surface area contributed by atoms with E-state index in [1.165, 1.54) is 49.6 Å². The molecule has 0 atom stereocenters. The molecule has 4 N–H and O–H groups in total. The molecule has 11 heteroatoms. The number of pyridine rings is 1. The van der Waals surface area contributed by atoms with Crippen molar-refractivity contribution in [3.63, 3.8) is 0 Å². The second kappa shape index (κ2) is 14.5. The Morgan fingerprint density at radius 2 is 1.84 bits per heavy atom. The molecule has 1 aliphatic heterocycles. The SMILES string of the molecule is CCOC(C)=O.CCc1nc(/C(N)=C(\COc2ncnc(C3CCC3)n2)N(C)N)ccc1N1CCCCC1. The van der Waals surface area contributed by atoms with Crippen LogP contribution in [0, 0.1) is 0 Å². The summed E-state index contributed by atoms with van der Waals surface area (Å²) in [6.07, 6.45) is 9.55. The fraction of sp³-hybridized carbons (Fsp3) is 0.593. The van der Waals surface area contributed by atoms with Gasteiger partial charge in [0.1, 0.15) is 18.8 Å². The van der Waals surface area contributed by atoms with Crippen LogP contribution < -0.4 is 21.2 Å². The third-order valence-electron chi connectivity index (χ3n) is 6.72. The Balaban J connectivity index is 0.000000599. The summed E-state index contributed by atoms with van der Waals surface area (Å²) in [4.78, 5) is 30.0. The Morgan fingerprint density at radius 1 is 1.11 bits per heavy atom. The second-order valence-electron chi connectivity index (χ2n) is 9.50. The molecule has 2 aromatic rings. The minimum Gasteiger partial charge on any atom is -0.466 e. The van der Waals surface area contributed by atoms with Gasteiger partial charge in [0.05, 0.1) is 35.1 Å². The number of aryl methyl sites for hydroxylation is 1. The van der Waals surface area contributed by atoms with Crippen molar-refractivity contribution in [2.24, 2.45) is 11.6 Å². The van der Waals surface area contributed by atoms with E-state index in [-0.39, 0.29) is 18.6 Å². The summed E-state index contributed by atoms with van der Waals surface area (Å²) in [6.45, 7) is 8.08. The lowest BCUT2D eigenvalue weighted by atomic mass is 9.85. The van der Waals surface area contributed by atoms with E-state index in [2.05, 4.69) is 37.6 Å². The van der Waals surface area contributed by atoms with Gasteiger partial charge in [0, 0.05) is 33.0 Å². The molecule has 0 aromatic carbocycles. The standard InChI is InChI=1S/C23H34N8O.C4H8O2/c1-3-17-19(31-12-5-4-6-13-31)11-10-18(28-17)21(24)20(30(2)25)14-32-23-27-15-26-22(29-23)16-8-7-9-16;1-3-6-4(2)5/h10-11,15-16H,3-9,12-14,24-25H2,1-2H3;3H2,1-2H3/b21-20-;. The van der Waals surface area contributed by atoms with Gasteiger partial charge in [-0.25, -0.2) is 15.8 Å². The van der Waals surface area contributed by atoms with Crippen molar-refractivity contribution >= 4 is 17.4 Å². The van der Waals surface area contributed by atoms with Gasteiger partial charge in [0.25, 0.3) is 0 Å². The normalized spacial score (nSPS) is 16.0. The highest BCUT2D eigenvalue weighted by Gasteiger charge is 2.23. The van der Waals surface area contributed by atoms with Crippen molar-refractivity contribution < 1.29 is 14.3 Å². The molecular formula is C27H42N8O3. The molecule has 0 amide bonds. The van der Waals surface area contributed by atoms with Gasteiger partial charge in [0.2, 0.25) is 0 Å². The quantitative estimate of drug-likeness (QED) is 0.282. The lowest BCUT2D eigenvalue weighted by Crippen LogP contribution is -2.32. The Kier molecular flexibility index (Phi) is 11.1. The fourth-order valence-corrected chi connectivity index (χ4v) is 4.41. The number of esters is 1. The van der Waals surface area contributed by atoms with Crippen LogP contribution in [0.2, 0.25) is 0 Å². The van der Waals surface area contributed by atoms with Gasteiger partial charge in [-0.05, 0) is 57.6 Å². The van der Waals surface area contributed by atoms with Crippen molar-refractivity contribution in [1.82, 2.24) is 24.9 Å². The number of anilines is 1. The molecule has 1 saturated heterocycles. The fourth-order valence-electron chi connectivity index (χ4n) is 4.41. The smallest absolute Gasteiger partial charge is 0.320 e. The summed E-state index contributed by atoms with van der Waals surface area (Å²) in [5, 5.41) is 1.47. The zero-order valence-corrected chi connectivity index (χ0v) is 23.2. The second-order valence-corrected chi connectivity index (χ2v) is 9.50. The highest BCUT2D eigenvalue weighted by molar-refractivity contribution is 5.66. The van der Waals surface area contributed by atoms with Crippen LogP contribution in [0.5, 0.6) is 6.01 Å². The number of hydrazine groups is 1. The van der Waals surface area contributed by atoms with Gasteiger partial charge in [0.15, 0.2) is 0 Å². The number of carbonyl (C=O) groups is 1. The first-order valence-corrected chi connectivity index (χ1v) is 13.5. The van der Waals surface area contributed by atoms with E-state index in [4.69, 9.17) is 21.3 Å². The van der Waals surface area contributed by atoms with Crippen LogP contribution in [0.3, 0.4) is 0 Å². The van der Waals surface area contributed by atoms with Crippen LogP contribution in [0.1, 0.15) is 82.4 Å². The van der Waals surface area contributed by atoms with E-state index in [1.807, 2.05) is 6.07 Å². The van der Waals surface area contributed by atoms with E-state index in [9.17, 15) is 4.79 Å². The van der Waals surface area contributed by atoms with Crippen molar-refractivity contribution in [1.29, 1.82) is 0 Å². The maximum atomic E-state index is 9.82. The van der Waals surface area contributed by atoms with Crippen LogP contribution in [-0.2, 0) is 16.0 Å². The predicted octanol–water partition coefficient (Wildman–Crippen LogP) is 3.17. The van der Waals surface area contributed by atoms with Crippen LogP contribution in [0.15, 0.2) is 24.2 Å². The number of nitrogens with zero attached hydrogens (tertiary/aromatic N) is 6. The van der Waals surface area contributed by atoms with Gasteiger partial charge in [-0.15, -0.1) is 0 Å². The molecule has 0 unspecified atom stereocenters. The highest BCUT2D eigenvalue weighted by Crippen LogP contribution is 2.34. The number of likely N-dealkylation sites (N-methyl/N-ethyl adjacent to an activating group) is 1. The predicted molar refractivity (Wildman–Crippen MR) is 147 cm³/mol. The monoisotopic (exact) mass is 526 g/mol. The summed E-state index contributed by atoms with van der Waals surface area (Å²) in [5.41, 5.74) is 10.6. The lowest BCUT2D eigenvalue weighted by Gasteiger charge is -2.30. The Hall–Kier alpha value is -3.47. The third-order valence-corrected chi connectivity index (χ3v) is 6.72. The van der Waals surface area contributed by atoms with E-state index in [0.717, 1.165) is 43.9 Å². The van der Waals surface area contributed by atoms with Crippen LogP contribution >= 0.6 is 0 Å². The average Bonchev–Trinajstić information content (AvgIpc) is 2.88. The summed E-state index contributed by atoms with van der Waals surface area (Å²) in [6, 6.07) is 4.39. The van der Waals surface area contributed by atoms with Crippen LogP contribution in [0.4, 0.5) is 5.69 Å². The van der Waals surface area contributed by atoms with E-state index in [0.29, 0.717) is 29.6 Å². The van der Waals surface area contributed by atoms with Gasteiger partial charge in [-0.3, -0.25) is 4.79 Å². The molecule has 0 spiro atoms. The number of hydrogen-bond acceptors (Lipinski definition) is 11. The van der Waals surface area contributed by atoms with Crippen molar-refractivity contribution in [3.8, 4) is 6.01 Å². The highest BCUT2D eigenvalue weighted by atomic mass is 16.5. The van der Waals surface area contributed by atoms with E-state index >= 15 is 0 Å². The van der Waals surface area contributed by atoms with Crippen molar-refractivity contribution in [3.05, 3.63) is 41.4 Å². The third kappa shape index (κ3) is 8.01. The zero-order valence-electron chi connectivity index (χ0n) is 23.2. The topological polar surface area (TPSA) is 146 Å². The molecule has 1 aliphatic carbocycles. The van der Waals surface area contributed by atoms with Crippen molar-refractivity contribution in [2.45, 2.75) is 71.6 Å². The molecule has 1 saturated carbocycles. The molecule has 2 fully saturated rings. The summed E-state index contributed by atoms with van der Waals surface area (Å²) >= 11 is 0. The van der Waals surface area contributed by atoms with Crippen LogP contribution in [-0.4, -0.2) is 64.3 Å². The number of carbonyl (C=O) groups excluding carboxylic acids is 1. The van der Waals surface area contributed by atoms with Gasteiger partial charge < -0.3 is 25.1 Å². The van der Waals surface area contributed by atoms with Crippen molar-refractivity contribution in [2.75, 3.05) is 38.3 Å². The van der Waals surface area contributed by atoms with Gasteiger partial charge in [-0.2, -0.15) is 9.97 Å². The molecule has 0 radical (unpaired) electrons. The summed E-state index contributed by atoms with van der Waals surface area (Å²) in [7, 11) is 1.74. The van der Waals surface area contributed by atoms with Gasteiger partial charge in [-0.1, -0.05) is 13.3 Å².